The number of nitrogens with one attached hydrogen (secondary N) is 5. The number of alkyl halides is 2. The first-order chi connectivity index (χ1) is 31.4. The maximum atomic E-state index is 14.5. The Bertz CT molecular complexity index is 2450. The molecule has 3 aromatic rings. The third-order valence-electron chi connectivity index (χ3n) is 12.6. The predicted molar refractivity (Wildman–Crippen MR) is 246 cm³/mol. The van der Waals surface area contributed by atoms with Crippen LogP contribution in [0.2, 0.25) is 0 Å². The molecule has 0 aliphatic carbocycles. The number of aliphatic imine (C=N–C) groups is 1. The third kappa shape index (κ3) is 10.6. The fourth-order valence-electron chi connectivity index (χ4n) is 9.10. The third-order valence-corrected chi connectivity index (χ3v) is 12.6. The van der Waals surface area contributed by atoms with Crippen molar-refractivity contribution in [2.24, 2.45) is 10.7 Å². The molecule has 1 unspecified atom stereocenters. The minimum absolute atomic E-state index is 0.0486. The summed E-state index contributed by atoms with van der Waals surface area (Å²) in [7, 11) is 1.55. The monoisotopic (exact) mass is 893 g/mol. The first-order valence-corrected chi connectivity index (χ1v) is 22.3. The molecule has 2 fully saturated rings. The molecular formula is C47H57F2N11O5. The molecule has 1 atom stereocenters. The highest BCUT2D eigenvalue weighted by Crippen LogP contribution is 2.38. The van der Waals surface area contributed by atoms with Gasteiger partial charge < -0.3 is 36.4 Å². The predicted octanol–water partition coefficient (Wildman–Crippen LogP) is 4.81. The maximum absolute atomic E-state index is 14.5. The van der Waals surface area contributed by atoms with Gasteiger partial charge in [0.05, 0.1) is 17.6 Å². The minimum atomic E-state index is -2.78. The number of carbonyl (C=O) groups excluding carboxylic acids is 5. The number of rotatable bonds is 14. The molecule has 0 radical (unpaired) electrons. The second kappa shape index (κ2) is 20.9. The molecule has 4 aliphatic heterocycles. The number of benzene rings is 2. The summed E-state index contributed by atoms with van der Waals surface area (Å²) in [6.45, 7) is 4.45. The zero-order valence-electron chi connectivity index (χ0n) is 36.9. The number of pyridine rings is 1. The number of halogens is 2. The first-order valence-electron chi connectivity index (χ1n) is 22.3. The standard InChI is InChI=1S/C47H57F2N11O5/c1-28(61)59-22-16-38(36(27-59)45(51)60-19-6-7-29-23-34(30(25-50)26-52-2)35(44(48)49)24-40(29)60)55-31-14-20-58(21-15-31)42(63)9-3-4-17-53-37-11-10-33(43-32(37)8-5-18-54-43)46(64)56-39-12-13-41(62)57-47(39)65/h5,8,10-11,18,23-26,31,39,44,51,53,55H,3-4,6-7,9,12-17,19-22,27,50H2,1-2H3,(H,56,64)(H,57,62,65). The Morgan fingerprint density at radius 3 is 2.54 bits per heavy atom. The zero-order chi connectivity index (χ0) is 46.2. The van der Waals surface area contributed by atoms with Gasteiger partial charge in [-0.05, 0) is 92.5 Å². The lowest BCUT2D eigenvalue weighted by atomic mass is 9.91. The van der Waals surface area contributed by atoms with Crippen LogP contribution in [0, 0.1) is 5.41 Å². The van der Waals surface area contributed by atoms with Crippen molar-refractivity contribution < 1.29 is 32.8 Å². The molecule has 0 saturated carbocycles. The van der Waals surface area contributed by atoms with Crippen LogP contribution in [0.1, 0.15) is 98.2 Å². The average Bonchev–Trinajstić information content (AvgIpc) is 3.30. The van der Waals surface area contributed by atoms with E-state index in [4.69, 9.17) is 5.73 Å². The van der Waals surface area contributed by atoms with Gasteiger partial charge in [0.1, 0.15) is 11.9 Å². The number of imide groups is 1. The number of aromatic nitrogens is 1. The van der Waals surface area contributed by atoms with Crippen LogP contribution in [0.25, 0.3) is 16.5 Å². The number of fused-ring (bicyclic) bond motifs is 2. The van der Waals surface area contributed by atoms with Crippen LogP contribution >= 0.6 is 0 Å². The Labute approximate surface area is 376 Å². The number of nitrogens with zero attached hydrogens (tertiary/aromatic N) is 5. The SMILES string of the molecule is CN=CC(=CN)c1cc2c(cc1C(F)F)N(C(=N)C1=C(NC3CCN(C(=O)CCCCNc4ccc(C(=O)NC5CCC(=O)NC5=O)c5ncccc45)CC3)CCN(C(C)=O)C1)CCC2. The summed E-state index contributed by atoms with van der Waals surface area (Å²) in [4.78, 5) is 76.6. The van der Waals surface area contributed by atoms with Crippen molar-refractivity contribution in [3.8, 4) is 0 Å². The van der Waals surface area contributed by atoms with E-state index in [2.05, 4.69) is 31.2 Å². The summed E-state index contributed by atoms with van der Waals surface area (Å²) in [5.41, 5.74) is 10.8. The van der Waals surface area contributed by atoms with Gasteiger partial charge in [0.15, 0.2) is 0 Å². The number of aryl methyl sites for hydroxylation is 1. The normalized spacial score (nSPS) is 18.6. The second-order valence-electron chi connectivity index (χ2n) is 16.9. The van der Waals surface area contributed by atoms with Crippen molar-refractivity contribution in [1.29, 1.82) is 5.41 Å². The van der Waals surface area contributed by atoms with Gasteiger partial charge in [-0.2, -0.15) is 0 Å². The zero-order valence-corrected chi connectivity index (χ0v) is 36.9. The number of nitrogens with two attached hydrogens (primary N) is 1. The van der Waals surface area contributed by atoms with E-state index in [1.807, 2.05) is 11.0 Å². The van der Waals surface area contributed by atoms with Crippen LogP contribution in [0.3, 0.4) is 0 Å². The Morgan fingerprint density at radius 2 is 1.82 bits per heavy atom. The van der Waals surface area contributed by atoms with Gasteiger partial charge in [0.2, 0.25) is 23.6 Å². The molecule has 18 heteroatoms. The molecule has 5 amide bonds. The number of likely N-dealkylation sites (tertiary alicyclic amines) is 1. The first kappa shape index (κ1) is 46.3. The maximum Gasteiger partial charge on any atom is 0.264 e. The van der Waals surface area contributed by atoms with Crippen LogP contribution in [0.4, 0.5) is 20.2 Å². The molecule has 2 aromatic carbocycles. The molecule has 344 valence electrons. The highest BCUT2D eigenvalue weighted by Gasteiger charge is 2.33. The highest BCUT2D eigenvalue weighted by atomic mass is 19.3. The van der Waals surface area contributed by atoms with Crippen LogP contribution < -0.4 is 31.9 Å². The van der Waals surface area contributed by atoms with Gasteiger partial charge in [-0.1, -0.05) is 0 Å². The Balaban J connectivity index is 0.931. The summed E-state index contributed by atoms with van der Waals surface area (Å²) < 4.78 is 29.1. The molecule has 5 heterocycles. The van der Waals surface area contributed by atoms with Gasteiger partial charge in [-0.25, -0.2) is 8.78 Å². The molecule has 2 saturated heterocycles. The Hall–Kier alpha value is -6.72. The Morgan fingerprint density at radius 1 is 1.02 bits per heavy atom. The summed E-state index contributed by atoms with van der Waals surface area (Å²) in [5.74, 6) is -1.17. The number of piperidine rings is 2. The molecule has 16 nitrogen and oxygen atoms in total. The summed E-state index contributed by atoms with van der Waals surface area (Å²) in [5, 5.41) is 22.3. The summed E-state index contributed by atoms with van der Waals surface area (Å²) in [6.07, 6.45) is 7.05. The Kier molecular flexibility index (Phi) is 14.8. The average molecular weight is 894 g/mol. The lowest BCUT2D eigenvalue weighted by Gasteiger charge is -2.39. The number of hydrogen-bond donors (Lipinski definition) is 6. The van der Waals surface area contributed by atoms with Crippen molar-refractivity contribution in [3.05, 3.63) is 82.3 Å². The number of hydrogen-bond acceptors (Lipinski definition) is 11. The van der Waals surface area contributed by atoms with E-state index in [0.717, 1.165) is 28.8 Å². The lowest BCUT2D eigenvalue weighted by Crippen LogP contribution is -2.52. The van der Waals surface area contributed by atoms with Gasteiger partial charge >= 0.3 is 0 Å². The quantitative estimate of drug-likeness (QED) is 0.0562. The van der Waals surface area contributed by atoms with Gasteiger partial charge in [0.25, 0.3) is 12.3 Å². The number of anilines is 2. The molecule has 4 aliphatic rings. The molecule has 1 aromatic heterocycles. The van der Waals surface area contributed by atoms with Crippen molar-refractivity contribution in [2.45, 2.75) is 89.6 Å². The van der Waals surface area contributed by atoms with Crippen molar-refractivity contribution in [1.82, 2.24) is 30.7 Å². The van der Waals surface area contributed by atoms with E-state index in [-0.39, 0.29) is 54.5 Å². The highest BCUT2D eigenvalue weighted by molar-refractivity contribution is 6.13. The van der Waals surface area contributed by atoms with Crippen molar-refractivity contribution in [2.75, 3.05) is 56.5 Å². The fraction of sp³-hybridized carbons (Fsp3) is 0.447. The number of unbranched alkanes of at least 4 members (excludes halogenated alkanes) is 1. The van der Waals surface area contributed by atoms with E-state index in [1.54, 1.807) is 47.3 Å². The number of allylic oxidation sites excluding steroid dienone is 1. The van der Waals surface area contributed by atoms with Crippen LogP contribution in [-0.2, 0) is 25.6 Å². The smallest absolute Gasteiger partial charge is 0.264 e. The molecule has 0 bridgehead atoms. The summed E-state index contributed by atoms with van der Waals surface area (Å²) >= 11 is 0. The van der Waals surface area contributed by atoms with Crippen LogP contribution in [0.15, 0.2) is 65.1 Å². The van der Waals surface area contributed by atoms with E-state index in [0.29, 0.717) is 111 Å². The molecule has 0 spiro atoms. The largest absolute Gasteiger partial charge is 0.404 e. The van der Waals surface area contributed by atoms with Crippen LogP contribution in [-0.4, -0.2) is 115 Å². The lowest BCUT2D eigenvalue weighted by molar-refractivity contribution is -0.135. The molecular weight excluding hydrogens is 837 g/mol. The number of amidine groups is 1. The number of amides is 5. The van der Waals surface area contributed by atoms with E-state index >= 15 is 0 Å². The minimum Gasteiger partial charge on any atom is -0.404 e. The topological polar surface area (TPSA) is 218 Å². The van der Waals surface area contributed by atoms with E-state index < -0.39 is 24.3 Å². The molecule has 7 N–H and O–H groups in total. The fourth-order valence-corrected chi connectivity index (χ4v) is 9.10. The van der Waals surface area contributed by atoms with Gasteiger partial charge in [0, 0.05) is 130 Å². The van der Waals surface area contributed by atoms with E-state index in [9.17, 15) is 38.2 Å². The van der Waals surface area contributed by atoms with Gasteiger partial charge in [-0.3, -0.25) is 44.7 Å². The van der Waals surface area contributed by atoms with Crippen LogP contribution in [0.5, 0.6) is 0 Å². The summed E-state index contributed by atoms with van der Waals surface area (Å²) in [6, 6.07) is 9.56. The van der Waals surface area contributed by atoms with E-state index in [1.165, 1.54) is 25.4 Å². The van der Waals surface area contributed by atoms with Gasteiger partial charge in [-0.15, -0.1) is 0 Å². The molecule has 65 heavy (non-hydrogen) atoms. The second-order valence-corrected chi connectivity index (χ2v) is 16.9. The van der Waals surface area contributed by atoms with Crippen molar-refractivity contribution in [3.63, 3.8) is 0 Å². The molecule has 7 rings (SSSR count). The number of carbonyl (C=O) groups is 5. The van der Waals surface area contributed by atoms with Crippen molar-refractivity contribution >= 4 is 69.4 Å².